The Labute approximate surface area is 127 Å². The van der Waals surface area contributed by atoms with Crippen LogP contribution in [0.3, 0.4) is 0 Å². The Morgan fingerprint density at radius 1 is 1.00 bits per heavy atom. The van der Waals surface area contributed by atoms with Crippen LogP contribution in [0.4, 0.5) is 0 Å². The molecule has 0 radical (unpaired) electrons. The molecule has 0 aromatic heterocycles. The maximum absolute atomic E-state index is 5.67. The molecule has 2 heteroatoms. The van der Waals surface area contributed by atoms with Crippen molar-refractivity contribution in [1.29, 1.82) is 0 Å². The van der Waals surface area contributed by atoms with Crippen molar-refractivity contribution in [2.75, 3.05) is 19.8 Å². The van der Waals surface area contributed by atoms with Crippen molar-refractivity contribution in [2.45, 2.75) is 90.5 Å². The minimum atomic E-state index is 0.700. The predicted octanol–water partition coefficient (Wildman–Crippen LogP) is 4.92. The van der Waals surface area contributed by atoms with Crippen LogP contribution in [0.25, 0.3) is 0 Å². The van der Waals surface area contributed by atoms with E-state index in [1.54, 1.807) is 0 Å². The fraction of sp³-hybridized carbons (Fsp3) is 1.00. The molecule has 1 saturated heterocycles. The highest BCUT2D eigenvalue weighted by Crippen LogP contribution is 2.21. The Morgan fingerprint density at radius 2 is 1.75 bits per heavy atom. The van der Waals surface area contributed by atoms with Crippen LogP contribution in [-0.4, -0.2) is 25.8 Å². The number of hydrogen-bond donors (Lipinski definition) is 1. The van der Waals surface area contributed by atoms with Crippen molar-refractivity contribution in [2.24, 2.45) is 5.92 Å². The van der Waals surface area contributed by atoms with Crippen molar-refractivity contribution in [3.8, 4) is 0 Å². The third-order valence-corrected chi connectivity index (χ3v) is 4.54. The molecule has 1 fully saturated rings. The molecule has 0 amide bonds. The van der Waals surface area contributed by atoms with Crippen LogP contribution in [0.15, 0.2) is 0 Å². The standard InChI is InChI=1S/C18H37NO/c1-3-5-6-7-8-9-10-13-18(19-14-4-2)17-12-11-15-20-16-17/h17-19H,3-16H2,1-2H3. The van der Waals surface area contributed by atoms with Crippen LogP contribution >= 0.6 is 0 Å². The lowest BCUT2D eigenvalue weighted by Crippen LogP contribution is -2.40. The molecule has 1 N–H and O–H groups in total. The van der Waals surface area contributed by atoms with E-state index >= 15 is 0 Å². The van der Waals surface area contributed by atoms with E-state index in [2.05, 4.69) is 19.2 Å². The molecule has 1 aliphatic heterocycles. The van der Waals surface area contributed by atoms with Gasteiger partial charge in [0, 0.05) is 12.6 Å². The van der Waals surface area contributed by atoms with Gasteiger partial charge in [0.1, 0.15) is 0 Å². The molecule has 1 rings (SSSR count). The average Bonchev–Trinajstić information content (AvgIpc) is 2.50. The highest BCUT2D eigenvalue weighted by Gasteiger charge is 2.23. The average molecular weight is 284 g/mol. The Kier molecular flexibility index (Phi) is 11.4. The van der Waals surface area contributed by atoms with Crippen LogP contribution < -0.4 is 5.32 Å². The lowest BCUT2D eigenvalue weighted by Gasteiger charge is -2.31. The van der Waals surface area contributed by atoms with Crippen LogP contribution in [0.5, 0.6) is 0 Å². The molecule has 0 spiro atoms. The monoisotopic (exact) mass is 283 g/mol. The third-order valence-electron chi connectivity index (χ3n) is 4.54. The smallest absolute Gasteiger partial charge is 0.0509 e. The summed E-state index contributed by atoms with van der Waals surface area (Å²) in [6.45, 7) is 7.68. The van der Waals surface area contributed by atoms with Gasteiger partial charge in [-0.2, -0.15) is 0 Å². The molecule has 0 bridgehead atoms. The normalized spacial score (nSPS) is 21.0. The fourth-order valence-electron chi connectivity index (χ4n) is 3.24. The minimum absolute atomic E-state index is 0.700. The lowest BCUT2D eigenvalue weighted by molar-refractivity contribution is 0.0375. The zero-order valence-electron chi connectivity index (χ0n) is 14.0. The quantitative estimate of drug-likeness (QED) is 0.513. The minimum Gasteiger partial charge on any atom is -0.381 e. The maximum atomic E-state index is 5.67. The summed E-state index contributed by atoms with van der Waals surface area (Å²) in [7, 11) is 0. The Balaban J connectivity index is 2.12. The van der Waals surface area contributed by atoms with E-state index in [1.807, 2.05) is 0 Å². The van der Waals surface area contributed by atoms with Crippen molar-refractivity contribution < 1.29 is 4.74 Å². The molecule has 2 unspecified atom stereocenters. The Hall–Kier alpha value is -0.0800. The molecule has 1 aliphatic rings. The Morgan fingerprint density at radius 3 is 2.40 bits per heavy atom. The van der Waals surface area contributed by atoms with E-state index in [-0.39, 0.29) is 0 Å². The maximum Gasteiger partial charge on any atom is 0.0509 e. The first-order valence-corrected chi connectivity index (χ1v) is 9.19. The van der Waals surface area contributed by atoms with Crippen LogP contribution in [0, 0.1) is 5.92 Å². The molecule has 2 atom stereocenters. The first kappa shape index (κ1) is 18.0. The number of rotatable bonds is 12. The molecule has 1 heterocycles. The highest BCUT2D eigenvalue weighted by atomic mass is 16.5. The van der Waals surface area contributed by atoms with E-state index in [1.165, 1.54) is 70.6 Å². The molecule has 2 nitrogen and oxygen atoms in total. The zero-order chi connectivity index (χ0) is 14.5. The summed E-state index contributed by atoms with van der Waals surface area (Å²) < 4.78 is 5.67. The highest BCUT2D eigenvalue weighted by molar-refractivity contribution is 4.78. The van der Waals surface area contributed by atoms with Gasteiger partial charge < -0.3 is 10.1 Å². The van der Waals surface area contributed by atoms with Gasteiger partial charge in [0.15, 0.2) is 0 Å². The van der Waals surface area contributed by atoms with Gasteiger partial charge in [-0.25, -0.2) is 0 Å². The summed E-state index contributed by atoms with van der Waals surface area (Å²) in [4.78, 5) is 0. The van der Waals surface area contributed by atoms with Gasteiger partial charge in [-0.3, -0.25) is 0 Å². The van der Waals surface area contributed by atoms with E-state index in [4.69, 9.17) is 4.74 Å². The van der Waals surface area contributed by atoms with Gasteiger partial charge in [-0.05, 0) is 38.1 Å². The van der Waals surface area contributed by atoms with Crippen LogP contribution in [0.2, 0.25) is 0 Å². The molecule has 120 valence electrons. The van der Waals surface area contributed by atoms with E-state index in [0.717, 1.165) is 25.7 Å². The van der Waals surface area contributed by atoms with Crippen molar-refractivity contribution in [3.05, 3.63) is 0 Å². The number of nitrogens with one attached hydrogen (secondary N) is 1. The first-order valence-electron chi connectivity index (χ1n) is 9.19. The summed E-state index contributed by atoms with van der Waals surface area (Å²) in [6, 6.07) is 0.700. The van der Waals surface area contributed by atoms with E-state index in [0.29, 0.717) is 6.04 Å². The number of unbranched alkanes of at least 4 members (excludes halogenated alkanes) is 6. The van der Waals surface area contributed by atoms with Gasteiger partial charge in [0.25, 0.3) is 0 Å². The van der Waals surface area contributed by atoms with E-state index in [9.17, 15) is 0 Å². The number of ether oxygens (including phenoxy) is 1. The second-order valence-corrected chi connectivity index (χ2v) is 6.45. The van der Waals surface area contributed by atoms with Crippen molar-refractivity contribution in [3.63, 3.8) is 0 Å². The SMILES string of the molecule is CCCCCCCCCC(NCCC)C1CCCOC1. The van der Waals surface area contributed by atoms with Crippen molar-refractivity contribution in [1.82, 2.24) is 5.32 Å². The lowest BCUT2D eigenvalue weighted by atomic mass is 9.89. The van der Waals surface area contributed by atoms with Gasteiger partial charge >= 0.3 is 0 Å². The fourth-order valence-corrected chi connectivity index (χ4v) is 3.24. The summed E-state index contributed by atoms with van der Waals surface area (Å²) >= 11 is 0. The van der Waals surface area contributed by atoms with Gasteiger partial charge in [-0.15, -0.1) is 0 Å². The first-order chi connectivity index (χ1) is 9.88. The summed E-state index contributed by atoms with van der Waals surface area (Å²) in [5.74, 6) is 0.760. The third kappa shape index (κ3) is 8.26. The van der Waals surface area contributed by atoms with Crippen LogP contribution in [-0.2, 0) is 4.74 Å². The van der Waals surface area contributed by atoms with E-state index < -0.39 is 0 Å². The topological polar surface area (TPSA) is 21.3 Å². The molecular formula is C18H37NO. The molecule has 20 heavy (non-hydrogen) atoms. The van der Waals surface area contributed by atoms with Gasteiger partial charge in [0.2, 0.25) is 0 Å². The second-order valence-electron chi connectivity index (χ2n) is 6.45. The largest absolute Gasteiger partial charge is 0.381 e. The molecule has 0 aliphatic carbocycles. The van der Waals surface area contributed by atoms with Gasteiger partial charge in [0.05, 0.1) is 6.61 Å². The molecule has 0 aromatic carbocycles. The molecule has 0 saturated carbocycles. The predicted molar refractivity (Wildman–Crippen MR) is 88.2 cm³/mol. The number of hydrogen-bond acceptors (Lipinski definition) is 2. The summed E-state index contributed by atoms with van der Waals surface area (Å²) in [5, 5.41) is 3.77. The summed E-state index contributed by atoms with van der Waals surface area (Å²) in [6.07, 6.45) is 15.1. The second kappa shape index (κ2) is 12.6. The molecule has 0 aromatic rings. The van der Waals surface area contributed by atoms with Crippen molar-refractivity contribution >= 4 is 0 Å². The zero-order valence-corrected chi connectivity index (χ0v) is 14.0. The summed E-state index contributed by atoms with van der Waals surface area (Å²) in [5.41, 5.74) is 0. The Bertz CT molecular complexity index is 202. The van der Waals surface area contributed by atoms with Gasteiger partial charge in [-0.1, -0.05) is 58.8 Å². The molecular weight excluding hydrogens is 246 g/mol. The van der Waals surface area contributed by atoms with Crippen LogP contribution in [0.1, 0.15) is 84.5 Å².